The molecule has 5 nitrogen and oxygen atoms in total. The quantitative estimate of drug-likeness (QED) is 0.812. The summed E-state index contributed by atoms with van der Waals surface area (Å²) in [6.45, 7) is 2.73. The lowest BCUT2D eigenvalue weighted by molar-refractivity contribution is 0.0953. The van der Waals surface area contributed by atoms with Gasteiger partial charge in [-0.3, -0.25) is 4.79 Å². The molecule has 5 heteroatoms. The zero-order valence-electron chi connectivity index (χ0n) is 16.5. The normalized spacial score (nSPS) is 12.4. The van der Waals surface area contributed by atoms with Crippen molar-refractivity contribution in [2.75, 3.05) is 27.9 Å². The second-order valence-corrected chi connectivity index (χ2v) is 6.82. The SMILES string of the molecule is COc1cc(C(=O)NCCc2cc3c(cc2C)CCC3)cc(OC)c1OC. The molecule has 144 valence electrons. The molecule has 0 atom stereocenters. The summed E-state index contributed by atoms with van der Waals surface area (Å²) in [7, 11) is 4.62. The fraction of sp³-hybridized carbons (Fsp3) is 0.409. The molecule has 1 aliphatic carbocycles. The van der Waals surface area contributed by atoms with Gasteiger partial charge in [0, 0.05) is 12.1 Å². The summed E-state index contributed by atoms with van der Waals surface area (Å²) < 4.78 is 15.9. The molecule has 0 aromatic heterocycles. The fourth-order valence-corrected chi connectivity index (χ4v) is 3.69. The number of aryl methyl sites for hydroxylation is 3. The maximum absolute atomic E-state index is 12.6. The number of hydrogen-bond acceptors (Lipinski definition) is 4. The van der Waals surface area contributed by atoms with Crippen LogP contribution in [0.1, 0.15) is 39.0 Å². The fourth-order valence-electron chi connectivity index (χ4n) is 3.69. The summed E-state index contributed by atoms with van der Waals surface area (Å²) in [5.41, 5.74) is 6.04. The predicted molar refractivity (Wildman–Crippen MR) is 105 cm³/mol. The van der Waals surface area contributed by atoms with E-state index in [4.69, 9.17) is 14.2 Å². The molecule has 0 aliphatic heterocycles. The lowest BCUT2D eigenvalue weighted by Gasteiger charge is -2.14. The molecule has 27 heavy (non-hydrogen) atoms. The van der Waals surface area contributed by atoms with Crippen LogP contribution in [0.3, 0.4) is 0 Å². The van der Waals surface area contributed by atoms with Gasteiger partial charge in [0.25, 0.3) is 5.91 Å². The molecule has 1 amide bonds. The van der Waals surface area contributed by atoms with Gasteiger partial charge < -0.3 is 19.5 Å². The highest BCUT2D eigenvalue weighted by atomic mass is 16.5. The van der Waals surface area contributed by atoms with Crippen LogP contribution in [0.15, 0.2) is 24.3 Å². The Balaban J connectivity index is 1.68. The van der Waals surface area contributed by atoms with Crippen LogP contribution in [0.2, 0.25) is 0 Å². The summed E-state index contributed by atoms with van der Waals surface area (Å²) in [4.78, 5) is 12.6. The number of benzene rings is 2. The molecule has 2 aromatic carbocycles. The minimum absolute atomic E-state index is 0.159. The number of fused-ring (bicyclic) bond motifs is 1. The van der Waals surface area contributed by atoms with Gasteiger partial charge in [-0.2, -0.15) is 0 Å². The predicted octanol–water partition coefficient (Wildman–Crippen LogP) is 3.48. The summed E-state index contributed by atoms with van der Waals surface area (Å²) in [5, 5.41) is 2.99. The molecular formula is C22H27NO4. The Labute approximate surface area is 160 Å². The second-order valence-electron chi connectivity index (χ2n) is 6.82. The van der Waals surface area contributed by atoms with Crippen molar-refractivity contribution in [3.63, 3.8) is 0 Å². The van der Waals surface area contributed by atoms with E-state index in [2.05, 4.69) is 24.4 Å². The van der Waals surface area contributed by atoms with Crippen molar-refractivity contribution >= 4 is 5.91 Å². The zero-order chi connectivity index (χ0) is 19.4. The molecule has 0 radical (unpaired) electrons. The van der Waals surface area contributed by atoms with Crippen molar-refractivity contribution in [3.8, 4) is 17.2 Å². The average molecular weight is 369 g/mol. The average Bonchev–Trinajstić information content (AvgIpc) is 3.13. The van der Waals surface area contributed by atoms with E-state index in [0.717, 1.165) is 6.42 Å². The monoisotopic (exact) mass is 369 g/mol. The largest absolute Gasteiger partial charge is 0.493 e. The number of carbonyl (C=O) groups excluding carboxylic acids is 1. The molecule has 1 N–H and O–H groups in total. The summed E-state index contributed by atoms with van der Waals surface area (Å²) >= 11 is 0. The highest BCUT2D eigenvalue weighted by Crippen LogP contribution is 2.38. The standard InChI is InChI=1S/C22H27NO4/c1-14-10-16-6-5-7-17(16)11-15(14)8-9-23-22(24)18-12-19(25-2)21(27-4)20(13-18)26-3/h10-13H,5-9H2,1-4H3,(H,23,24). The molecule has 3 rings (SSSR count). The van der Waals surface area contributed by atoms with Gasteiger partial charge in [-0.25, -0.2) is 0 Å². The first kappa shape index (κ1) is 19.1. The minimum atomic E-state index is -0.159. The topological polar surface area (TPSA) is 56.8 Å². The number of rotatable bonds is 7. The van der Waals surface area contributed by atoms with Crippen LogP contribution in [0.4, 0.5) is 0 Å². The van der Waals surface area contributed by atoms with E-state index in [1.807, 2.05) is 0 Å². The third kappa shape index (κ3) is 4.02. The van der Waals surface area contributed by atoms with Crippen molar-refractivity contribution in [3.05, 3.63) is 52.1 Å². The van der Waals surface area contributed by atoms with E-state index in [9.17, 15) is 4.79 Å². The Morgan fingerprint density at radius 2 is 1.59 bits per heavy atom. The molecule has 0 fully saturated rings. The number of carbonyl (C=O) groups is 1. The Hall–Kier alpha value is -2.69. The van der Waals surface area contributed by atoms with E-state index < -0.39 is 0 Å². The first-order chi connectivity index (χ1) is 13.1. The number of nitrogens with one attached hydrogen (secondary N) is 1. The maximum atomic E-state index is 12.6. The Morgan fingerprint density at radius 3 is 2.19 bits per heavy atom. The van der Waals surface area contributed by atoms with Gasteiger partial charge in [-0.1, -0.05) is 12.1 Å². The van der Waals surface area contributed by atoms with Crippen LogP contribution in [0.5, 0.6) is 17.2 Å². The van der Waals surface area contributed by atoms with Crippen molar-refractivity contribution in [1.29, 1.82) is 0 Å². The van der Waals surface area contributed by atoms with Gasteiger partial charge in [0.05, 0.1) is 21.3 Å². The second kappa shape index (κ2) is 8.33. The van der Waals surface area contributed by atoms with Gasteiger partial charge in [-0.15, -0.1) is 0 Å². The van der Waals surface area contributed by atoms with Gasteiger partial charge in [0.2, 0.25) is 5.75 Å². The van der Waals surface area contributed by atoms with Crippen molar-refractivity contribution in [2.24, 2.45) is 0 Å². The van der Waals surface area contributed by atoms with Crippen LogP contribution in [0.25, 0.3) is 0 Å². The molecule has 0 heterocycles. The van der Waals surface area contributed by atoms with Gasteiger partial charge in [-0.05, 0) is 67.0 Å². The Kier molecular flexibility index (Phi) is 5.89. The van der Waals surface area contributed by atoms with E-state index in [-0.39, 0.29) is 5.91 Å². The highest BCUT2D eigenvalue weighted by molar-refractivity contribution is 5.95. The van der Waals surface area contributed by atoms with Crippen LogP contribution in [-0.4, -0.2) is 33.8 Å². The number of methoxy groups -OCH3 is 3. The lowest BCUT2D eigenvalue weighted by atomic mass is 9.99. The van der Waals surface area contributed by atoms with E-state index >= 15 is 0 Å². The summed E-state index contributed by atoms with van der Waals surface area (Å²) in [5.74, 6) is 1.26. The molecule has 0 saturated carbocycles. The van der Waals surface area contributed by atoms with Crippen molar-refractivity contribution in [1.82, 2.24) is 5.32 Å². The first-order valence-corrected chi connectivity index (χ1v) is 9.26. The molecule has 0 unspecified atom stereocenters. The van der Waals surface area contributed by atoms with E-state index in [0.29, 0.717) is 29.4 Å². The molecule has 0 saturated heterocycles. The van der Waals surface area contributed by atoms with Gasteiger partial charge in [0.1, 0.15) is 0 Å². The molecular weight excluding hydrogens is 342 g/mol. The van der Waals surface area contributed by atoms with Gasteiger partial charge >= 0.3 is 0 Å². The summed E-state index contributed by atoms with van der Waals surface area (Å²) in [6, 6.07) is 7.94. The minimum Gasteiger partial charge on any atom is -0.493 e. The number of hydrogen-bond donors (Lipinski definition) is 1. The first-order valence-electron chi connectivity index (χ1n) is 9.26. The Bertz CT molecular complexity index is 819. The maximum Gasteiger partial charge on any atom is 0.251 e. The zero-order valence-corrected chi connectivity index (χ0v) is 16.5. The van der Waals surface area contributed by atoms with Gasteiger partial charge in [0.15, 0.2) is 11.5 Å². The molecule has 0 bridgehead atoms. The summed E-state index contributed by atoms with van der Waals surface area (Å²) in [6.07, 6.45) is 4.42. The van der Waals surface area contributed by atoms with Crippen molar-refractivity contribution in [2.45, 2.75) is 32.6 Å². The van der Waals surface area contributed by atoms with Crippen LogP contribution in [-0.2, 0) is 19.3 Å². The van der Waals surface area contributed by atoms with Crippen molar-refractivity contribution < 1.29 is 19.0 Å². The molecule has 0 spiro atoms. The lowest BCUT2D eigenvalue weighted by Crippen LogP contribution is -2.26. The third-order valence-corrected chi connectivity index (χ3v) is 5.16. The molecule has 2 aromatic rings. The van der Waals surface area contributed by atoms with E-state index in [1.165, 1.54) is 55.7 Å². The highest BCUT2D eigenvalue weighted by Gasteiger charge is 2.17. The van der Waals surface area contributed by atoms with Crippen LogP contribution >= 0.6 is 0 Å². The van der Waals surface area contributed by atoms with Crippen LogP contribution < -0.4 is 19.5 Å². The number of amides is 1. The van der Waals surface area contributed by atoms with Crippen LogP contribution in [0, 0.1) is 6.92 Å². The molecule has 1 aliphatic rings. The number of ether oxygens (including phenoxy) is 3. The third-order valence-electron chi connectivity index (χ3n) is 5.16. The van der Waals surface area contributed by atoms with E-state index in [1.54, 1.807) is 19.2 Å². The Morgan fingerprint density at radius 1 is 0.963 bits per heavy atom. The smallest absolute Gasteiger partial charge is 0.251 e.